The number of nitrogens with zero attached hydrogens (tertiary/aromatic N) is 1. The van der Waals surface area contributed by atoms with Gasteiger partial charge in [0.05, 0.1) is 6.07 Å². The number of rotatable bonds is 3. The molecule has 0 radical (unpaired) electrons. The maximum Gasteiger partial charge on any atom is 0.143 e. The summed E-state index contributed by atoms with van der Waals surface area (Å²) in [5, 5.41) is 22.1. The Labute approximate surface area is 106 Å². The second-order valence-corrected chi connectivity index (χ2v) is 4.08. The summed E-state index contributed by atoms with van der Waals surface area (Å²) in [5.41, 5.74) is 2.55. The van der Waals surface area contributed by atoms with E-state index in [-0.39, 0.29) is 5.75 Å². The van der Waals surface area contributed by atoms with E-state index in [1.165, 1.54) is 0 Å². The summed E-state index contributed by atoms with van der Waals surface area (Å²) in [5.74, 6) is 0.130. The van der Waals surface area contributed by atoms with Gasteiger partial charge in [-0.1, -0.05) is 36.4 Å². The normalized spacial score (nSPS) is 11.6. The van der Waals surface area contributed by atoms with Gasteiger partial charge in [-0.05, 0) is 24.6 Å². The number of para-hydroxylation sites is 2. The van der Waals surface area contributed by atoms with Crippen molar-refractivity contribution in [3.63, 3.8) is 0 Å². The molecule has 0 fully saturated rings. The average Bonchev–Trinajstić information content (AvgIpc) is 2.39. The fraction of sp³-hybridized carbons (Fsp3) is 0.133. The summed E-state index contributed by atoms with van der Waals surface area (Å²) in [6.07, 6.45) is 0. The quantitative estimate of drug-likeness (QED) is 0.861. The number of benzene rings is 2. The Morgan fingerprint density at radius 2 is 1.78 bits per heavy atom. The molecule has 0 bridgehead atoms. The van der Waals surface area contributed by atoms with Crippen LogP contribution in [0.2, 0.25) is 0 Å². The first-order valence-electron chi connectivity index (χ1n) is 5.72. The molecule has 0 spiro atoms. The van der Waals surface area contributed by atoms with E-state index >= 15 is 0 Å². The topological polar surface area (TPSA) is 56.0 Å². The maximum atomic E-state index is 9.77. The molecule has 3 nitrogen and oxygen atoms in total. The molecule has 0 aliphatic rings. The zero-order chi connectivity index (χ0) is 13.0. The minimum absolute atomic E-state index is 0.130. The van der Waals surface area contributed by atoms with Crippen molar-refractivity contribution in [1.82, 2.24) is 0 Å². The van der Waals surface area contributed by atoms with Crippen LogP contribution < -0.4 is 5.32 Å². The highest BCUT2D eigenvalue weighted by Crippen LogP contribution is 2.27. The largest absolute Gasteiger partial charge is 0.508 e. The van der Waals surface area contributed by atoms with Gasteiger partial charge >= 0.3 is 0 Å². The second kappa shape index (κ2) is 5.24. The predicted molar refractivity (Wildman–Crippen MR) is 71.3 cm³/mol. The molecule has 0 heterocycles. The molecule has 0 aliphatic carbocycles. The van der Waals surface area contributed by atoms with Crippen LogP contribution in [0.15, 0.2) is 48.5 Å². The molecule has 3 heteroatoms. The number of nitriles is 1. The Kier molecular flexibility index (Phi) is 3.49. The second-order valence-electron chi connectivity index (χ2n) is 4.08. The first-order chi connectivity index (χ1) is 8.72. The molecule has 1 atom stereocenters. The van der Waals surface area contributed by atoms with Gasteiger partial charge in [0.2, 0.25) is 0 Å². The van der Waals surface area contributed by atoms with E-state index in [0.717, 1.165) is 11.3 Å². The lowest BCUT2D eigenvalue weighted by molar-refractivity contribution is 0.467. The lowest BCUT2D eigenvalue weighted by Gasteiger charge is -2.16. The van der Waals surface area contributed by atoms with Crippen molar-refractivity contribution < 1.29 is 5.11 Å². The van der Waals surface area contributed by atoms with Gasteiger partial charge in [-0.25, -0.2) is 0 Å². The van der Waals surface area contributed by atoms with Crippen LogP contribution in [0.3, 0.4) is 0 Å². The van der Waals surface area contributed by atoms with Crippen LogP contribution in [0.1, 0.15) is 17.2 Å². The summed E-state index contributed by atoms with van der Waals surface area (Å²) in [6.45, 7) is 1.97. The molecule has 18 heavy (non-hydrogen) atoms. The minimum atomic E-state index is -0.563. The monoisotopic (exact) mass is 238 g/mol. The van der Waals surface area contributed by atoms with Gasteiger partial charge in [-0.3, -0.25) is 0 Å². The average molecular weight is 238 g/mol. The third kappa shape index (κ3) is 2.44. The molecule has 0 saturated carbocycles. The number of phenolic OH excluding ortho intramolecular Hbond substituents is 1. The van der Waals surface area contributed by atoms with E-state index in [4.69, 9.17) is 0 Å². The fourth-order valence-electron chi connectivity index (χ4n) is 1.80. The minimum Gasteiger partial charge on any atom is -0.508 e. The van der Waals surface area contributed by atoms with Crippen LogP contribution in [0.25, 0.3) is 0 Å². The molecule has 2 rings (SSSR count). The van der Waals surface area contributed by atoms with Crippen LogP contribution >= 0.6 is 0 Å². The SMILES string of the molecule is Cc1ccccc1NC(C#N)c1ccccc1O. The highest BCUT2D eigenvalue weighted by atomic mass is 16.3. The van der Waals surface area contributed by atoms with Gasteiger partial charge < -0.3 is 10.4 Å². The lowest BCUT2D eigenvalue weighted by atomic mass is 10.1. The van der Waals surface area contributed by atoms with E-state index in [1.54, 1.807) is 24.3 Å². The third-order valence-electron chi connectivity index (χ3n) is 2.82. The van der Waals surface area contributed by atoms with E-state index < -0.39 is 6.04 Å². The van der Waals surface area contributed by atoms with Crippen molar-refractivity contribution in [2.75, 3.05) is 5.32 Å². The lowest BCUT2D eigenvalue weighted by Crippen LogP contribution is -2.09. The standard InChI is InChI=1S/C15H14N2O/c1-11-6-2-4-8-13(11)17-14(10-16)12-7-3-5-9-15(12)18/h2-9,14,17-18H,1H3. The summed E-state index contributed by atoms with van der Waals surface area (Å²) < 4.78 is 0. The summed E-state index contributed by atoms with van der Waals surface area (Å²) >= 11 is 0. The van der Waals surface area contributed by atoms with Crippen molar-refractivity contribution in [1.29, 1.82) is 5.26 Å². The molecule has 1 unspecified atom stereocenters. The van der Waals surface area contributed by atoms with Crippen molar-refractivity contribution >= 4 is 5.69 Å². The Balaban J connectivity index is 2.30. The zero-order valence-corrected chi connectivity index (χ0v) is 10.1. The summed E-state index contributed by atoms with van der Waals surface area (Å²) in [6, 6.07) is 16.2. The first kappa shape index (κ1) is 12.0. The molecule has 0 amide bonds. The van der Waals surface area contributed by atoms with Gasteiger partial charge in [0.15, 0.2) is 0 Å². The number of hydrogen-bond donors (Lipinski definition) is 2. The van der Waals surface area contributed by atoms with E-state index in [1.807, 2.05) is 31.2 Å². The molecule has 2 aromatic rings. The molecule has 0 aromatic heterocycles. The molecule has 0 saturated heterocycles. The smallest absolute Gasteiger partial charge is 0.143 e. The number of phenols is 1. The molecule has 0 aliphatic heterocycles. The number of hydrogen-bond acceptors (Lipinski definition) is 3. The van der Waals surface area contributed by atoms with Crippen LogP contribution in [0, 0.1) is 18.3 Å². The number of nitrogens with one attached hydrogen (secondary N) is 1. The highest BCUT2D eigenvalue weighted by Gasteiger charge is 2.14. The number of anilines is 1. The van der Waals surface area contributed by atoms with Gasteiger partial charge in [0.25, 0.3) is 0 Å². The van der Waals surface area contributed by atoms with Crippen LogP contribution in [0.5, 0.6) is 5.75 Å². The first-order valence-corrected chi connectivity index (χ1v) is 5.72. The molecular weight excluding hydrogens is 224 g/mol. The van der Waals surface area contributed by atoms with Crippen molar-refractivity contribution in [3.8, 4) is 11.8 Å². The predicted octanol–water partition coefficient (Wildman–Crippen LogP) is 3.38. The van der Waals surface area contributed by atoms with Crippen LogP contribution in [-0.2, 0) is 0 Å². The maximum absolute atomic E-state index is 9.77. The van der Waals surface area contributed by atoms with Crippen molar-refractivity contribution in [3.05, 3.63) is 59.7 Å². The van der Waals surface area contributed by atoms with E-state index in [9.17, 15) is 10.4 Å². The van der Waals surface area contributed by atoms with Gasteiger partial charge in [0, 0.05) is 11.3 Å². The van der Waals surface area contributed by atoms with Gasteiger partial charge in [-0.15, -0.1) is 0 Å². The van der Waals surface area contributed by atoms with Crippen molar-refractivity contribution in [2.24, 2.45) is 0 Å². The zero-order valence-electron chi connectivity index (χ0n) is 10.1. The van der Waals surface area contributed by atoms with Gasteiger partial charge in [-0.2, -0.15) is 5.26 Å². The van der Waals surface area contributed by atoms with Gasteiger partial charge in [0.1, 0.15) is 11.8 Å². The van der Waals surface area contributed by atoms with Crippen molar-refractivity contribution in [2.45, 2.75) is 13.0 Å². The fourth-order valence-corrected chi connectivity index (χ4v) is 1.80. The molecule has 2 aromatic carbocycles. The number of aromatic hydroxyl groups is 1. The van der Waals surface area contributed by atoms with Crippen LogP contribution in [-0.4, -0.2) is 5.11 Å². The third-order valence-corrected chi connectivity index (χ3v) is 2.82. The highest BCUT2D eigenvalue weighted by molar-refractivity contribution is 5.54. The number of aryl methyl sites for hydroxylation is 1. The van der Waals surface area contributed by atoms with Crippen LogP contribution in [0.4, 0.5) is 5.69 Å². The van der Waals surface area contributed by atoms with E-state index in [2.05, 4.69) is 11.4 Å². The summed E-state index contributed by atoms with van der Waals surface area (Å²) in [4.78, 5) is 0. The Hall–Kier alpha value is -2.47. The van der Waals surface area contributed by atoms with E-state index in [0.29, 0.717) is 5.56 Å². The molecule has 2 N–H and O–H groups in total. The Morgan fingerprint density at radius 1 is 1.11 bits per heavy atom. The molecule has 90 valence electrons. The summed E-state index contributed by atoms with van der Waals surface area (Å²) in [7, 11) is 0. The molecular formula is C15H14N2O. The Morgan fingerprint density at radius 3 is 2.44 bits per heavy atom. The Bertz CT molecular complexity index is 587.